The third-order valence-corrected chi connectivity index (χ3v) is 4.70. The fourth-order valence-electron chi connectivity index (χ4n) is 2.21. The second-order valence-electron chi connectivity index (χ2n) is 5.01. The van der Waals surface area contributed by atoms with Crippen LogP contribution in [0.3, 0.4) is 0 Å². The monoisotopic (exact) mass is 299 g/mol. The number of hydrogen-bond acceptors (Lipinski definition) is 3. The number of rotatable bonds is 9. The lowest BCUT2D eigenvalue weighted by Crippen LogP contribution is -2.25. The highest BCUT2D eigenvalue weighted by atomic mass is 35.5. The first kappa shape index (κ1) is 15.2. The van der Waals surface area contributed by atoms with Gasteiger partial charge in [0.15, 0.2) is 0 Å². The molecular formula is C15H22ClNOS. The van der Waals surface area contributed by atoms with Gasteiger partial charge in [0, 0.05) is 30.0 Å². The molecule has 0 spiro atoms. The van der Waals surface area contributed by atoms with Gasteiger partial charge >= 0.3 is 0 Å². The van der Waals surface area contributed by atoms with E-state index in [1.165, 1.54) is 18.4 Å². The third kappa shape index (κ3) is 5.35. The van der Waals surface area contributed by atoms with Gasteiger partial charge in [-0.3, -0.25) is 0 Å². The van der Waals surface area contributed by atoms with Gasteiger partial charge in [0.2, 0.25) is 0 Å². The van der Waals surface area contributed by atoms with Crippen molar-refractivity contribution in [3.8, 4) is 0 Å². The van der Waals surface area contributed by atoms with Crippen LogP contribution in [0.1, 0.15) is 30.9 Å². The maximum Gasteiger partial charge on any atom is 0.0438 e. The SMILES string of the molecule is OCCCSCCNC(c1ccc(Cl)cc1)C1CC1. The summed E-state index contributed by atoms with van der Waals surface area (Å²) in [5.41, 5.74) is 1.35. The number of thioether (sulfide) groups is 1. The van der Waals surface area contributed by atoms with E-state index >= 15 is 0 Å². The first-order valence-corrected chi connectivity index (χ1v) is 8.52. The molecule has 1 aromatic rings. The van der Waals surface area contributed by atoms with Crippen LogP contribution in [0.15, 0.2) is 24.3 Å². The number of aliphatic hydroxyl groups is 1. The zero-order valence-electron chi connectivity index (χ0n) is 11.1. The van der Waals surface area contributed by atoms with Crippen LogP contribution in [0.4, 0.5) is 0 Å². The maximum atomic E-state index is 8.72. The van der Waals surface area contributed by atoms with Gasteiger partial charge in [-0.1, -0.05) is 23.7 Å². The summed E-state index contributed by atoms with van der Waals surface area (Å²) in [6.07, 6.45) is 3.56. The molecule has 2 N–H and O–H groups in total. The predicted octanol–water partition coefficient (Wildman–Crippen LogP) is 3.50. The average Bonchev–Trinajstić information content (AvgIpc) is 3.24. The summed E-state index contributed by atoms with van der Waals surface area (Å²) in [6, 6.07) is 8.71. The van der Waals surface area contributed by atoms with Crippen molar-refractivity contribution in [2.24, 2.45) is 5.92 Å². The Balaban J connectivity index is 1.75. The van der Waals surface area contributed by atoms with Gasteiger partial charge in [-0.2, -0.15) is 11.8 Å². The lowest BCUT2D eigenvalue weighted by molar-refractivity contribution is 0.296. The molecule has 0 heterocycles. The topological polar surface area (TPSA) is 32.3 Å². The summed E-state index contributed by atoms with van der Waals surface area (Å²) in [4.78, 5) is 0. The van der Waals surface area contributed by atoms with Crippen LogP contribution < -0.4 is 5.32 Å². The van der Waals surface area contributed by atoms with Crippen LogP contribution in [0, 0.1) is 5.92 Å². The molecule has 1 aromatic carbocycles. The predicted molar refractivity (Wildman–Crippen MR) is 83.9 cm³/mol. The molecule has 1 aliphatic rings. The van der Waals surface area contributed by atoms with Crippen molar-refractivity contribution in [3.05, 3.63) is 34.9 Å². The van der Waals surface area contributed by atoms with Crippen molar-refractivity contribution in [2.75, 3.05) is 24.7 Å². The lowest BCUT2D eigenvalue weighted by atomic mass is 10.0. The first-order chi connectivity index (χ1) is 9.31. The van der Waals surface area contributed by atoms with E-state index in [2.05, 4.69) is 17.4 Å². The van der Waals surface area contributed by atoms with Crippen molar-refractivity contribution in [1.29, 1.82) is 0 Å². The molecule has 1 unspecified atom stereocenters. The molecule has 0 saturated heterocycles. The van der Waals surface area contributed by atoms with E-state index in [1.54, 1.807) is 0 Å². The molecule has 2 nitrogen and oxygen atoms in total. The third-order valence-electron chi connectivity index (χ3n) is 3.38. The van der Waals surface area contributed by atoms with Crippen molar-refractivity contribution >= 4 is 23.4 Å². The van der Waals surface area contributed by atoms with E-state index < -0.39 is 0 Å². The summed E-state index contributed by atoms with van der Waals surface area (Å²) >= 11 is 7.85. The fraction of sp³-hybridized carbons (Fsp3) is 0.600. The molecule has 106 valence electrons. The van der Waals surface area contributed by atoms with E-state index in [-0.39, 0.29) is 0 Å². The Morgan fingerprint density at radius 3 is 2.63 bits per heavy atom. The van der Waals surface area contributed by atoms with Crippen molar-refractivity contribution in [3.63, 3.8) is 0 Å². The molecule has 0 amide bonds. The highest BCUT2D eigenvalue weighted by molar-refractivity contribution is 7.99. The van der Waals surface area contributed by atoms with Gasteiger partial charge in [0.05, 0.1) is 0 Å². The molecule has 1 atom stereocenters. The highest BCUT2D eigenvalue weighted by Crippen LogP contribution is 2.41. The Hall–Kier alpha value is -0.220. The van der Waals surface area contributed by atoms with Crippen LogP contribution in [-0.2, 0) is 0 Å². The maximum absolute atomic E-state index is 8.72. The smallest absolute Gasteiger partial charge is 0.0438 e. The zero-order valence-corrected chi connectivity index (χ0v) is 12.7. The normalized spacial score (nSPS) is 16.5. The second kappa shape index (κ2) is 8.15. The van der Waals surface area contributed by atoms with E-state index in [0.29, 0.717) is 12.6 Å². The quantitative estimate of drug-likeness (QED) is 0.685. The fourth-order valence-corrected chi connectivity index (χ4v) is 3.14. The van der Waals surface area contributed by atoms with Crippen molar-refractivity contribution in [1.82, 2.24) is 5.32 Å². The molecule has 2 rings (SSSR count). The molecule has 1 saturated carbocycles. The number of hydrogen-bond donors (Lipinski definition) is 2. The Morgan fingerprint density at radius 2 is 2.00 bits per heavy atom. The molecule has 4 heteroatoms. The van der Waals surface area contributed by atoms with Gasteiger partial charge in [-0.15, -0.1) is 0 Å². The molecule has 1 fully saturated rings. The number of nitrogens with one attached hydrogen (secondary N) is 1. The van der Waals surface area contributed by atoms with Crippen molar-refractivity contribution < 1.29 is 5.11 Å². The second-order valence-corrected chi connectivity index (χ2v) is 6.67. The Kier molecular flexibility index (Phi) is 6.51. The van der Waals surface area contributed by atoms with Crippen LogP contribution >= 0.6 is 23.4 Å². The zero-order chi connectivity index (χ0) is 13.5. The molecule has 1 aliphatic carbocycles. The number of benzene rings is 1. The van der Waals surface area contributed by atoms with Gasteiger partial charge in [0.1, 0.15) is 0 Å². The Labute approximate surface area is 124 Å². The summed E-state index contributed by atoms with van der Waals surface area (Å²) in [7, 11) is 0. The largest absolute Gasteiger partial charge is 0.396 e. The van der Waals surface area contributed by atoms with Gasteiger partial charge in [0.25, 0.3) is 0 Å². The van der Waals surface area contributed by atoms with Crippen LogP contribution in [-0.4, -0.2) is 29.8 Å². The van der Waals surface area contributed by atoms with E-state index in [1.807, 2.05) is 23.9 Å². The van der Waals surface area contributed by atoms with Crippen LogP contribution in [0.2, 0.25) is 5.02 Å². The van der Waals surface area contributed by atoms with Crippen LogP contribution in [0.5, 0.6) is 0 Å². The summed E-state index contributed by atoms with van der Waals surface area (Å²) in [5.74, 6) is 2.95. The average molecular weight is 300 g/mol. The summed E-state index contributed by atoms with van der Waals surface area (Å²) in [5, 5.41) is 13.2. The van der Waals surface area contributed by atoms with E-state index in [9.17, 15) is 0 Å². The van der Waals surface area contributed by atoms with Gasteiger partial charge in [-0.25, -0.2) is 0 Å². The van der Waals surface area contributed by atoms with E-state index in [0.717, 1.165) is 35.4 Å². The Bertz CT molecular complexity index is 367. The minimum atomic E-state index is 0.301. The van der Waals surface area contributed by atoms with Gasteiger partial charge < -0.3 is 10.4 Å². The number of halogens is 1. The summed E-state index contributed by atoms with van der Waals surface area (Å²) < 4.78 is 0. The standard InChI is InChI=1S/C15H22ClNOS/c16-14-6-4-13(5-7-14)15(12-2-3-12)17-8-11-19-10-1-9-18/h4-7,12,15,17-18H,1-3,8-11H2. The van der Waals surface area contributed by atoms with Gasteiger partial charge in [-0.05, 0) is 48.6 Å². The Morgan fingerprint density at radius 1 is 1.26 bits per heavy atom. The van der Waals surface area contributed by atoms with Crippen LogP contribution in [0.25, 0.3) is 0 Å². The van der Waals surface area contributed by atoms with Crippen molar-refractivity contribution in [2.45, 2.75) is 25.3 Å². The molecule has 0 radical (unpaired) electrons. The molecule has 0 aliphatic heterocycles. The number of aliphatic hydroxyl groups excluding tert-OH is 1. The summed E-state index contributed by atoms with van der Waals surface area (Å²) in [6.45, 7) is 1.33. The molecule has 0 bridgehead atoms. The molecule has 0 aromatic heterocycles. The first-order valence-electron chi connectivity index (χ1n) is 6.98. The minimum Gasteiger partial charge on any atom is -0.396 e. The lowest BCUT2D eigenvalue weighted by Gasteiger charge is -2.18. The molecule has 19 heavy (non-hydrogen) atoms. The minimum absolute atomic E-state index is 0.301. The van der Waals surface area contributed by atoms with E-state index in [4.69, 9.17) is 16.7 Å². The molecular weight excluding hydrogens is 278 g/mol. The highest BCUT2D eigenvalue weighted by Gasteiger charge is 2.31.